The van der Waals surface area contributed by atoms with E-state index in [2.05, 4.69) is 5.32 Å². The molecule has 1 aromatic rings. The van der Waals surface area contributed by atoms with E-state index < -0.39 is 17.6 Å². The molecule has 0 radical (unpaired) electrons. The molecule has 132 valence electrons. The highest BCUT2D eigenvalue weighted by atomic mass is 16.5. The van der Waals surface area contributed by atoms with Gasteiger partial charge in [-0.2, -0.15) is 0 Å². The molecule has 1 amide bonds. The Hall–Kier alpha value is -2.04. The van der Waals surface area contributed by atoms with E-state index in [1.54, 1.807) is 0 Å². The van der Waals surface area contributed by atoms with Crippen LogP contribution < -0.4 is 5.32 Å². The Bertz CT molecular complexity index is 519. The van der Waals surface area contributed by atoms with E-state index >= 15 is 0 Å². The zero-order valence-corrected chi connectivity index (χ0v) is 14.1. The Balaban J connectivity index is 1.96. The molecule has 0 aromatic heterocycles. The number of rotatable bonds is 4. The Morgan fingerprint density at radius 2 is 1.50 bits per heavy atom. The first kappa shape index (κ1) is 18.3. The number of carboxylic acid groups (broad SMARTS) is 1. The van der Waals surface area contributed by atoms with Crippen molar-refractivity contribution in [1.29, 1.82) is 0 Å². The van der Waals surface area contributed by atoms with E-state index in [0.29, 0.717) is 12.8 Å². The summed E-state index contributed by atoms with van der Waals surface area (Å²) in [4.78, 5) is 24.0. The highest BCUT2D eigenvalue weighted by Crippen LogP contribution is 2.26. The van der Waals surface area contributed by atoms with Crippen LogP contribution in [0, 0.1) is 0 Å². The average molecular weight is 333 g/mol. The van der Waals surface area contributed by atoms with Gasteiger partial charge in [-0.15, -0.1) is 0 Å². The zero-order valence-electron chi connectivity index (χ0n) is 14.1. The van der Waals surface area contributed by atoms with Crippen molar-refractivity contribution in [3.8, 4) is 0 Å². The summed E-state index contributed by atoms with van der Waals surface area (Å²) < 4.78 is 5.22. The largest absolute Gasteiger partial charge is 0.480 e. The van der Waals surface area contributed by atoms with Crippen molar-refractivity contribution in [3.63, 3.8) is 0 Å². The highest BCUT2D eigenvalue weighted by molar-refractivity contribution is 5.84. The molecular weight excluding hydrogens is 306 g/mol. The minimum atomic E-state index is -1.20. The summed E-state index contributed by atoms with van der Waals surface area (Å²) in [6.07, 6.45) is 7.39. The summed E-state index contributed by atoms with van der Waals surface area (Å²) in [7, 11) is 0. The van der Waals surface area contributed by atoms with Crippen LogP contribution in [0.2, 0.25) is 0 Å². The topological polar surface area (TPSA) is 75.6 Å². The standard InChI is InChI=1S/C19H27NO4/c21-17(22)19(13-9-4-2-1-3-5-10-14-19)20-18(23)24-15-16-11-7-6-8-12-16/h6-8,11-12H,1-5,9-10,13-15H2,(H,20,23)(H,21,22). The zero-order chi connectivity index (χ0) is 17.3. The molecule has 1 aromatic carbocycles. The smallest absolute Gasteiger partial charge is 0.408 e. The van der Waals surface area contributed by atoms with Crippen molar-refractivity contribution in [2.24, 2.45) is 0 Å². The third-order valence-electron chi connectivity index (χ3n) is 4.67. The molecule has 0 heterocycles. The molecule has 2 N–H and O–H groups in total. The van der Waals surface area contributed by atoms with E-state index in [9.17, 15) is 14.7 Å². The fourth-order valence-corrected chi connectivity index (χ4v) is 3.21. The van der Waals surface area contributed by atoms with Gasteiger partial charge >= 0.3 is 12.1 Å². The van der Waals surface area contributed by atoms with Gasteiger partial charge in [0.1, 0.15) is 12.1 Å². The van der Waals surface area contributed by atoms with Crippen LogP contribution in [-0.4, -0.2) is 22.7 Å². The van der Waals surface area contributed by atoms with Crippen LogP contribution in [0.25, 0.3) is 0 Å². The van der Waals surface area contributed by atoms with Crippen molar-refractivity contribution in [2.45, 2.75) is 69.9 Å². The molecule has 0 atom stereocenters. The van der Waals surface area contributed by atoms with Crippen molar-refractivity contribution in [3.05, 3.63) is 35.9 Å². The minimum Gasteiger partial charge on any atom is -0.480 e. The maximum absolute atomic E-state index is 12.1. The number of nitrogens with one attached hydrogen (secondary N) is 1. The van der Waals surface area contributed by atoms with Crippen LogP contribution in [-0.2, 0) is 16.1 Å². The van der Waals surface area contributed by atoms with Crippen LogP contribution in [0.4, 0.5) is 4.79 Å². The second kappa shape index (κ2) is 9.30. The van der Waals surface area contributed by atoms with Gasteiger partial charge < -0.3 is 15.2 Å². The first-order valence-corrected chi connectivity index (χ1v) is 8.85. The molecule has 0 spiro atoms. The first-order chi connectivity index (χ1) is 11.6. The average Bonchev–Trinajstić information content (AvgIpc) is 2.59. The summed E-state index contributed by atoms with van der Waals surface area (Å²) >= 11 is 0. The first-order valence-electron chi connectivity index (χ1n) is 8.85. The molecule has 0 unspecified atom stereocenters. The number of carboxylic acids is 1. The Morgan fingerprint density at radius 1 is 0.958 bits per heavy atom. The molecule has 0 saturated heterocycles. The molecule has 0 bridgehead atoms. The van der Waals surface area contributed by atoms with Gasteiger partial charge in [-0.25, -0.2) is 9.59 Å². The molecule has 1 fully saturated rings. The van der Waals surface area contributed by atoms with Gasteiger partial charge in [0.2, 0.25) is 0 Å². The molecule has 1 saturated carbocycles. The SMILES string of the molecule is O=C(NC1(C(=O)O)CCCCCCCCC1)OCc1ccccc1. The van der Waals surface area contributed by atoms with Gasteiger partial charge in [0.15, 0.2) is 0 Å². The fraction of sp³-hybridized carbons (Fsp3) is 0.579. The Labute approximate surface area is 143 Å². The van der Waals surface area contributed by atoms with Gasteiger partial charge in [-0.1, -0.05) is 75.3 Å². The lowest BCUT2D eigenvalue weighted by Gasteiger charge is -2.31. The van der Waals surface area contributed by atoms with Crippen molar-refractivity contribution >= 4 is 12.1 Å². The number of alkyl carbamates (subject to hydrolysis) is 1. The number of ether oxygens (including phenoxy) is 1. The van der Waals surface area contributed by atoms with E-state index in [-0.39, 0.29) is 6.61 Å². The quantitative estimate of drug-likeness (QED) is 0.863. The second-order valence-electron chi connectivity index (χ2n) is 6.55. The van der Waals surface area contributed by atoms with Crippen LogP contribution in [0.15, 0.2) is 30.3 Å². The monoisotopic (exact) mass is 333 g/mol. The Kier molecular flexibility index (Phi) is 7.09. The predicted octanol–water partition coefficient (Wildman–Crippen LogP) is 4.26. The molecule has 5 heteroatoms. The molecule has 2 rings (SSSR count). The number of hydrogen-bond donors (Lipinski definition) is 2. The van der Waals surface area contributed by atoms with Gasteiger partial charge in [0.05, 0.1) is 0 Å². The Morgan fingerprint density at radius 3 is 2.04 bits per heavy atom. The summed E-state index contributed by atoms with van der Waals surface area (Å²) in [6, 6.07) is 9.36. The minimum absolute atomic E-state index is 0.141. The van der Waals surface area contributed by atoms with Crippen molar-refractivity contribution < 1.29 is 19.4 Å². The van der Waals surface area contributed by atoms with Gasteiger partial charge in [-0.05, 0) is 18.4 Å². The number of benzene rings is 1. The number of carbonyl (C=O) groups is 2. The van der Waals surface area contributed by atoms with E-state index in [0.717, 1.165) is 44.1 Å². The van der Waals surface area contributed by atoms with Crippen molar-refractivity contribution in [1.82, 2.24) is 5.32 Å². The molecule has 1 aliphatic rings. The summed E-state index contributed by atoms with van der Waals surface area (Å²) in [5.41, 5.74) is -0.326. The number of hydrogen-bond acceptors (Lipinski definition) is 3. The number of amides is 1. The van der Waals surface area contributed by atoms with Gasteiger partial charge in [0, 0.05) is 0 Å². The molecule has 1 aliphatic carbocycles. The molecular formula is C19H27NO4. The normalized spacial score (nSPS) is 18.3. The van der Waals surface area contributed by atoms with Crippen molar-refractivity contribution in [2.75, 3.05) is 0 Å². The maximum Gasteiger partial charge on any atom is 0.408 e. The third kappa shape index (κ3) is 5.55. The van der Waals surface area contributed by atoms with Crippen LogP contribution in [0.5, 0.6) is 0 Å². The summed E-state index contributed by atoms with van der Waals surface area (Å²) in [5, 5.41) is 12.4. The van der Waals surface area contributed by atoms with Gasteiger partial charge in [-0.3, -0.25) is 0 Å². The molecule has 24 heavy (non-hydrogen) atoms. The predicted molar refractivity (Wildman–Crippen MR) is 91.7 cm³/mol. The second-order valence-corrected chi connectivity index (χ2v) is 6.55. The maximum atomic E-state index is 12.1. The molecule has 0 aliphatic heterocycles. The van der Waals surface area contributed by atoms with Gasteiger partial charge in [0.25, 0.3) is 0 Å². The summed E-state index contributed by atoms with van der Waals surface area (Å²) in [5.74, 6) is -0.959. The number of aliphatic carboxylic acids is 1. The van der Waals surface area contributed by atoms with Crippen LogP contribution in [0.3, 0.4) is 0 Å². The van der Waals surface area contributed by atoms with E-state index in [4.69, 9.17) is 4.74 Å². The number of carbonyl (C=O) groups excluding carboxylic acids is 1. The molecule has 5 nitrogen and oxygen atoms in total. The lowest BCUT2D eigenvalue weighted by Crippen LogP contribution is -2.54. The van der Waals surface area contributed by atoms with Crippen LogP contribution in [0.1, 0.15) is 63.4 Å². The third-order valence-corrected chi connectivity index (χ3v) is 4.67. The fourth-order valence-electron chi connectivity index (χ4n) is 3.21. The lowest BCUT2D eigenvalue weighted by molar-refractivity contribution is -0.145. The summed E-state index contributed by atoms with van der Waals surface area (Å²) in [6.45, 7) is 0.141. The highest BCUT2D eigenvalue weighted by Gasteiger charge is 2.39. The lowest BCUT2D eigenvalue weighted by atomic mass is 9.85. The van der Waals surface area contributed by atoms with Crippen LogP contribution >= 0.6 is 0 Å². The van der Waals surface area contributed by atoms with E-state index in [1.165, 1.54) is 6.42 Å². The van der Waals surface area contributed by atoms with E-state index in [1.807, 2.05) is 30.3 Å².